The molecule has 0 aromatic heterocycles. The molecule has 0 spiro atoms. The maximum atomic E-state index is 11.6. The Kier molecular flexibility index (Phi) is 8.94. The van der Waals surface area contributed by atoms with Crippen LogP contribution in [0.15, 0.2) is 0 Å². The van der Waals surface area contributed by atoms with Gasteiger partial charge in [0.15, 0.2) is 6.29 Å². The van der Waals surface area contributed by atoms with E-state index in [1.807, 2.05) is 0 Å². The van der Waals surface area contributed by atoms with E-state index in [0.29, 0.717) is 0 Å². The van der Waals surface area contributed by atoms with E-state index in [1.165, 1.54) is 0 Å². The second-order valence-corrected chi connectivity index (χ2v) is 7.36. The quantitative estimate of drug-likeness (QED) is 0.342. The molecule has 0 amide bonds. The Morgan fingerprint density at radius 1 is 1.05 bits per heavy atom. The van der Waals surface area contributed by atoms with Crippen LogP contribution in [0.4, 0.5) is 0 Å². The fourth-order valence-electron chi connectivity index (χ4n) is 0.877. The topological polar surface area (TPSA) is 127 Å². The van der Waals surface area contributed by atoms with Crippen LogP contribution < -0.4 is 0 Å². The van der Waals surface area contributed by atoms with Crippen molar-refractivity contribution in [2.75, 3.05) is 28.4 Å². The average Bonchev–Trinajstić information content (AvgIpc) is 2.46. The van der Waals surface area contributed by atoms with Crippen molar-refractivity contribution in [3.63, 3.8) is 0 Å². The van der Waals surface area contributed by atoms with Gasteiger partial charge in [0.05, 0.1) is 11.3 Å². The molecule has 124 valence electrons. The molecule has 0 bridgehead atoms. The molecular weight excluding hydrogens is 350 g/mol. The van der Waals surface area contributed by atoms with Crippen molar-refractivity contribution in [3.8, 4) is 0 Å². The van der Waals surface area contributed by atoms with E-state index in [-0.39, 0.29) is 0 Å². The molecule has 0 heterocycles. The second-order valence-electron chi connectivity index (χ2n) is 3.19. The molecule has 0 saturated carbocycles. The van der Waals surface area contributed by atoms with Crippen LogP contribution in [0.2, 0.25) is 0 Å². The molecule has 10 nitrogen and oxygen atoms in total. The molecular formula is C8H16O10P2S. The SMILES string of the molecule is COP(=O)(OC)OC(=O)CC(=S)C(O)OP(=O)(OC)OC. The van der Waals surface area contributed by atoms with Gasteiger partial charge in [-0.15, -0.1) is 0 Å². The van der Waals surface area contributed by atoms with Gasteiger partial charge in [0, 0.05) is 28.4 Å². The number of phosphoric acid groups is 2. The standard InChI is InChI=1S/C8H16O10P2S/c1-13-19(11,14-2)17-7(9)5-6(21)8(10)18-20(12,15-3)16-4/h8,10H,5H2,1-4H3. The lowest BCUT2D eigenvalue weighted by atomic mass is 10.3. The van der Waals surface area contributed by atoms with Gasteiger partial charge in [-0.1, -0.05) is 12.2 Å². The Labute approximate surface area is 126 Å². The van der Waals surface area contributed by atoms with Gasteiger partial charge < -0.3 is 9.63 Å². The fourth-order valence-corrected chi connectivity index (χ4v) is 2.42. The highest BCUT2D eigenvalue weighted by atomic mass is 32.1. The van der Waals surface area contributed by atoms with Gasteiger partial charge in [0.1, 0.15) is 0 Å². The first-order valence-corrected chi connectivity index (χ1v) is 8.53. The van der Waals surface area contributed by atoms with Crippen molar-refractivity contribution in [1.29, 1.82) is 0 Å². The smallest absolute Gasteiger partial charge is 0.370 e. The van der Waals surface area contributed by atoms with E-state index in [9.17, 15) is 19.0 Å². The number of carbonyl (C=O) groups excluding carboxylic acids is 1. The minimum atomic E-state index is -4.01. The number of aliphatic hydroxyl groups excluding tert-OH is 1. The van der Waals surface area contributed by atoms with Crippen LogP contribution in [0.3, 0.4) is 0 Å². The lowest BCUT2D eigenvalue weighted by Crippen LogP contribution is -2.24. The van der Waals surface area contributed by atoms with Crippen LogP contribution in [-0.4, -0.2) is 50.7 Å². The predicted octanol–water partition coefficient (Wildman–Crippen LogP) is 1.43. The van der Waals surface area contributed by atoms with Gasteiger partial charge in [-0.25, -0.2) is 9.13 Å². The van der Waals surface area contributed by atoms with Gasteiger partial charge >= 0.3 is 21.6 Å². The van der Waals surface area contributed by atoms with Gasteiger partial charge in [0.25, 0.3) is 0 Å². The van der Waals surface area contributed by atoms with E-state index in [0.717, 1.165) is 28.4 Å². The third kappa shape index (κ3) is 7.05. The van der Waals surface area contributed by atoms with Crippen molar-refractivity contribution in [2.24, 2.45) is 0 Å². The van der Waals surface area contributed by atoms with Crippen molar-refractivity contribution >= 4 is 38.7 Å². The number of rotatable bonds is 10. The maximum absolute atomic E-state index is 11.6. The minimum absolute atomic E-state index is 0.395. The van der Waals surface area contributed by atoms with Crippen LogP contribution in [0.25, 0.3) is 0 Å². The Morgan fingerprint density at radius 3 is 1.86 bits per heavy atom. The summed E-state index contributed by atoms with van der Waals surface area (Å²) >= 11 is 4.70. The number of hydrogen-bond donors (Lipinski definition) is 1. The molecule has 13 heteroatoms. The van der Waals surface area contributed by atoms with Crippen LogP contribution >= 0.6 is 27.9 Å². The Bertz CT molecular complexity index is 450. The van der Waals surface area contributed by atoms with E-state index >= 15 is 0 Å². The first-order valence-electron chi connectivity index (χ1n) is 5.20. The van der Waals surface area contributed by atoms with Crippen LogP contribution in [-0.2, 0) is 41.1 Å². The maximum Gasteiger partial charge on any atom is 0.531 e. The summed E-state index contributed by atoms with van der Waals surface area (Å²) in [6.45, 7) is 0. The van der Waals surface area contributed by atoms with Gasteiger partial charge in [0.2, 0.25) is 0 Å². The third-order valence-electron chi connectivity index (χ3n) is 1.93. The largest absolute Gasteiger partial charge is 0.531 e. The molecule has 1 atom stereocenters. The van der Waals surface area contributed by atoms with E-state index in [2.05, 4.69) is 27.1 Å². The van der Waals surface area contributed by atoms with Gasteiger partial charge in [-0.3, -0.25) is 27.4 Å². The van der Waals surface area contributed by atoms with Crippen molar-refractivity contribution in [3.05, 3.63) is 0 Å². The summed E-state index contributed by atoms with van der Waals surface area (Å²) in [7, 11) is -3.90. The highest BCUT2D eigenvalue weighted by Crippen LogP contribution is 2.49. The van der Waals surface area contributed by atoms with Crippen molar-refractivity contribution in [2.45, 2.75) is 12.7 Å². The number of thiocarbonyl (C=S) groups is 1. The Hall–Kier alpha value is -0.220. The summed E-state index contributed by atoms with van der Waals surface area (Å²) in [4.78, 5) is 11.1. The highest BCUT2D eigenvalue weighted by molar-refractivity contribution is 7.80. The van der Waals surface area contributed by atoms with Crippen LogP contribution in [0.1, 0.15) is 6.42 Å². The number of phosphoric ester groups is 2. The summed E-state index contributed by atoms with van der Waals surface area (Å²) in [6, 6.07) is 0. The highest BCUT2D eigenvalue weighted by Gasteiger charge is 2.32. The molecule has 0 aliphatic carbocycles. The zero-order valence-electron chi connectivity index (χ0n) is 11.7. The summed E-state index contributed by atoms with van der Waals surface area (Å²) in [5.74, 6) is -1.10. The van der Waals surface area contributed by atoms with Crippen molar-refractivity contribution in [1.82, 2.24) is 0 Å². The molecule has 1 N–H and O–H groups in total. The summed E-state index contributed by atoms with van der Waals surface area (Å²) < 4.78 is 49.7. The molecule has 0 aliphatic heterocycles. The first kappa shape index (κ1) is 20.8. The molecule has 0 aliphatic rings. The number of hydrogen-bond acceptors (Lipinski definition) is 11. The summed E-state index contributed by atoms with van der Waals surface area (Å²) in [5.41, 5.74) is 0. The molecule has 0 saturated heterocycles. The normalized spacial score (nSPS) is 13.8. The zero-order chi connectivity index (χ0) is 16.7. The molecule has 0 rings (SSSR count). The van der Waals surface area contributed by atoms with Gasteiger partial charge in [-0.05, 0) is 0 Å². The Morgan fingerprint density at radius 2 is 1.48 bits per heavy atom. The second kappa shape index (κ2) is 9.04. The van der Waals surface area contributed by atoms with Crippen LogP contribution in [0, 0.1) is 0 Å². The summed E-state index contributed by atoms with van der Waals surface area (Å²) in [5, 5.41) is 9.54. The molecule has 0 aromatic rings. The van der Waals surface area contributed by atoms with Crippen molar-refractivity contribution < 1.29 is 46.2 Å². The predicted molar refractivity (Wildman–Crippen MR) is 73.6 cm³/mol. The van der Waals surface area contributed by atoms with E-state index < -0.39 is 39.2 Å². The lowest BCUT2D eigenvalue weighted by Gasteiger charge is -2.18. The molecule has 1 unspecified atom stereocenters. The van der Waals surface area contributed by atoms with E-state index in [4.69, 9.17) is 12.2 Å². The molecule has 0 radical (unpaired) electrons. The van der Waals surface area contributed by atoms with Crippen LogP contribution in [0.5, 0.6) is 0 Å². The molecule has 0 fully saturated rings. The fraction of sp³-hybridized carbons (Fsp3) is 0.750. The monoisotopic (exact) mass is 366 g/mol. The Balaban J connectivity index is 4.59. The number of carbonyl (C=O) groups is 1. The lowest BCUT2D eigenvalue weighted by molar-refractivity contribution is -0.135. The molecule has 0 aromatic carbocycles. The summed E-state index contributed by atoms with van der Waals surface area (Å²) in [6.07, 6.45) is -2.57. The third-order valence-corrected chi connectivity index (χ3v) is 4.95. The minimum Gasteiger partial charge on any atom is -0.370 e. The van der Waals surface area contributed by atoms with Gasteiger partial charge in [-0.2, -0.15) is 0 Å². The first-order chi connectivity index (χ1) is 9.65. The molecule has 21 heavy (non-hydrogen) atoms. The number of aliphatic hydroxyl groups is 1. The zero-order valence-corrected chi connectivity index (χ0v) is 14.3. The average molecular weight is 366 g/mol. The van der Waals surface area contributed by atoms with E-state index in [1.54, 1.807) is 0 Å².